The first-order valence-corrected chi connectivity index (χ1v) is 15.9. The van der Waals surface area contributed by atoms with E-state index < -0.39 is 0 Å². The summed E-state index contributed by atoms with van der Waals surface area (Å²) in [5.41, 5.74) is 3.08. The maximum atomic E-state index is 13.1. The number of amides is 2. The number of Topliss-reactive ketones (excluding diaryl/α,β-unsaturated/α-hetero) is 1. The lowest BCUT2D eigenvalue weighted by Gasteiger charge is -2.37. The number of aryl methyl sites for hydroxylation is 1. The van der Waals surface area contributed by atoms with E-state index in [1.165, 1.54) is 11.3 Å². The third kappa shape index (κ3) is 5.41. The topological polar surface area (TPSA) is 128 Å². The molecule has 7 rings (SSSR count). The molecule has 0 saturated carbocycles. The number of hydrogen-bond acceptors (Lipinski definition) is 10. The molecule has 3 aromatic heterocycles. The van der Waals surface area contributed by atoms with Gasteiger partial charge in [-0.05, 0) is 56.5 Å². The lowest BCUT2D eigenvalue weighted by atomic mass is 9.98. The van der Waals surface area contributed by atoms with Crippen LogP contribution in [-0.2, 0) is 11.2 Å². The van der Waals surface area contributed by atoms with Crippen LogP contribution in [0.15, 0.2) is 42.7 Å². The van der Waals surface area contributed by atoms with Gasteiger partial charge in [-0.25, -0.2) is 9.50 Å². The van der Waals surface area contributed by atoms with Gasteiger partial charge in [0.25, 0.3) is 5.91 Å². The number of piperidine rings is 1. The summed E-state index contributed by atoms with van der Waals surface area (Å²) in [6.45, 7) is 2.89. The van der Waals surface area contributed by atoms with Crippen LogP contribution in [0.3, 0.4) is 0 Å². The summed E-state index contributed by atoms with van der Waals surface area (Å²) in [5.74, 6) is 1.22. The van der Waals surface area contributed by atoms with Gasteiger partial charge < -0.3 is 20.4 Å². The minimum atomic E-state index is -0.298. The minimum absolute atomic E-state index is 0.0724. The van der Waals surface area contributed by atoms with Crippen molar-refractivity contribution in [2.24, 2.45) is 0 Å². The monoisotopic (exact) mass is 613 g/mol. The van der Waals surface area contributed by atoms with Crippen LogP contribution in [0.25, 0.3) is 5.65 Å². The number of benzene rings is 1. The second-order valence-corrected chi connectivity index (χ2v) is 13.0. The molecule has 3 aliphatic rings. The van der Waals surface area contributed by atoms with Crippen molar-refractivity contribution in [1.82, 2.24) is 34.7 Å². The number of fused-ring (bicyclic) bond motifs is 2. The van der Waals surface area contributed by atoms with Crippen LogP contribution in [0.2, 0.25) is 0 Å². The molecular weight excluding hydrogens is 578 g/mol. The van der Waals surface area contributed by atoms with Crippen molar-refractivity contribution < 1.29 is 14.4 Å². The maximum absolute atomic E-state index is 13.1. The Morgan fingerprint density at radius 2 is 1.89 bits per heavy atom. The Hall–Kier alpha value is -4.36. The normalized spacial score (nSPS) is 21.0. The lowest BCUT2D eigenvalue weighted by Crippen LogP contribution is -2.48. The highest BCUT2D eigenvalue weighted by atomic mass is 32.1. The van der Waals surface area contributed by atoms with Crippen LogP contribution in [0.1, 0.15) is 62.2 Å². The summed E-state index contributed by atoms with van der Waals surface area (Å²) in [4.78, 5) is 55.1. The van der Waals surface area contributed by atoms with Gasteiger partial charge in [-0.3, -0.25) is 19.3 Å². The number of ketones is 1. The first kappa shape index (κ1) is 28.4. The van der Waals surface area contributed by atoms with E-state index in [4.69, 9.17) is 10.1 Å². The van der Waals surface area contributed by atoms with Gasteiger partial charge in [-0.1, -0.05) is 12.1 Å². The molecule has 2 N–H and O–H groups in total. The minimum Gasteiger partial charge on any atom is -0.347 e. The molecule has 2 aliphatic heterocycles. The highest BCUT2D eigenvalue weighted by Gasteiger charge is 2.32. The van der Waals surface area contributed by atoms with Crippen molar-refractivity contribution in [3.63, 3.8) is 0 Å². The molecule has 0 spiro atoms. The molecule has 1 aliphatic carbocycles. The van der Waals surface area contributed by atoms with E-state index in [-0.39, 0.29) is 29.7 Å². The predicted molar refractivity (Wildman–Crippen MR) is 168 cm³/mol. The largest absolute Gasteiger partial charge is 0.347 e. The summed E-state index contributed by atoms with van der Waals surface area (Å²) in [6.07, 6.45) is 7.48. The molecule has 13 heteroatoms. The highest BCUT2D eigenvalue weighted by molar-refractivity contribution is 7.14. The van der Waals surface area contributed by atoms with E-state index in [0.717, 1.165) is 67.0 Å². The number of nitrogens with one attached hydrogen (secondary N) is 2. The summed E-state index contributed by atoms with van der Waals surface area (Å²) in [5, 5.41) is 11.3. The molecule has 0 radical (unpaired) electrons. The number of aromatic nitrogens is 4. The number of rotatable bonds is 6. The molecule has 1 unspecified atom stereocenters. The molecule has 5 heterocycles. The van der Waals surface area contributed by atoms with Gasteiger partial charge >= 0.3 is 0 Å². The predicted octanol–water partition coefficient (Wildman–Crippen LogP) is 3.29. The van der Waals surface area contributed by atoms with Crippen LogP contribution in [0.4, 0.5) is 17.5 Å². The molecule has 2 saturated heterocycles. The number of nitrogens with zero attached hydrogens (tertiary/aromatic N) is 7. The number of anilines is 3. The second-order valence-electron chi connectivity index (χ2n) is 11.8. The number of piperazine rings is 1. The van der Waals surface area contributed by atoms with E-state index in [2.05, 4.69) is 25.4 Å². The maximum Gasteiger partial charge on any atom is 0.261 e. The number of likely N-dealkylation sites (N-methyl/N-ethyl adjacent to an activating group) is 2. The van der Waals surface area contributed by atoms with Gasteiger partial charge in [0.2, 0.25) is 11.9 Å². The summed E-state index contributed by atoms with van der Waals surface area (Å²) in [6, 6.07) is 9.25. The van der Waals surface area contributed by atoms with Crippen LogP contribution in [0.5, 0.6) is 0 Å². The zero-order valence-corrected chi connectivity index (χ0v) is 25.6. The molecule has 4 aromatic rings. The average molecular weight is 614 g/mol. The molecule has 2 fully saturated rings. The fraction of sp³-hybridized carbons (Fsp3) is 0.419. The summed E-state index contributed by atoms with van der Waals surface area (Å²) >= 11 is 1.44. The Morgan fingerprint density at radius 1 is 1.05 bits per heavy atom. The van der Waals surface area contributed by atoms with E-state index >= 15 is 0 Å². The van der Waals surface area contributed by atoms with E-state index in [0.29, 0.717) is 35.3 Å². The Bertz CT molecular complexity index is 1730. The van der Waals surface area contributed by atoms with Crippen molar-refractivity contribution in [3.8, 4) is 0 Å². The molecule has 44 heavy (non-hydrogen) atoms. The smallest absolute Gasteiger partial charge is 0.261 e. The van der Waals surface area contributed by atoms with E-state index in [1.807, 2.05) is 38.4 Å². The third-order valence-electron chi connectivity index (χ3n) is 8.75. The number of thiophene rings is 1. The van der Waals surface area contributed by atoms with Crippen molar-refractivity contribution in [2.75, 3.05) is 50.5 Å². The number of carbonyl (C=O) groups is 3. The Morgan fingerprint density at radius 3 is 2.70 bits per heavy atom. The van der Waals surface area contributed by atoms with Gasteiger partial charge in [0.1, 0.15) is 6.04 Å². The first-order chi connectivity index (χ1) is 21.3. The van der Waals surface area contributed by atoms with Gasteiger partial charge in [0, 0.05) is 74.2 Å². The molecule has 1 aromatic carbocycles. The van der Waals surface area contributed by atoms with Gasteiger partial charge in [-0.15, -0.1) is 16.4 Å². The zero-order chi connectivity index (χ0) is 30.4. The van der Waals surface area contributed by atoms with E-state index in [9.17, 15) is 14.4 Å². The standard InChI is InChI=1S/C31H35N9O3S/c1-37-15-16-38(2)30(43)26(37)19-8-10-20(11-9-19)33-27-28-32-12-14-40(28)36-31(35-27)39-13-4-5-21(18-39)34-29(42)25-17-22-23(41)6-3-7-24(22)44-25/h8-12,14,17,21,26H,3-7,13,15-16,18H2,1-2H3,(H,34,42)(H,33,35,36)/t21-,26?/m0/s1. The first-order valence-electron chi connectivity index (χ1n) is 15.1. The van der Waals surface area contributed by atoms with Crippen molar-refractivity contribution in [3.05, 3.63) is 63.6 Å². The van der Waals surface area contributed by atoms with E-state index in [1.54, 1.807) is 27.9 Å². The van der Waals surface area contributed by atoms with Crippen LogP contribution >= 0.6 is 11.3 Å². The molecule has 2 atom stereocenters. The van der Waals surface area contributed by atoms with Gasteiger partial charge in [0.15, 0.2) is 17.2 Å². The Labute approximate surface area is 259 Å². The molecule has 0 bridgehead atoms. The second kappa shape index (κ2) is 11.6. The lowest BCUT2D eigenvalue weighted by molar-refractivity contribution is -0.139. The highest BCUT2D eigenvalue weighted by Crippen LogP contribution is 2.31. The molecular formula is C31H35N9O3S. The van der Waals surface area contributed by atoms with Gasteiger partial charge in [-0.2, -0.15) is 4.98 Å². The van der Waals surface area contributed by atoms with Crippen molar-refractivity contribution in [2.45, 2.75) is 44.2 Å². The van der Waals surface area contributed by atoms with Crippen LogP contribution in [-0.4, -0.2) is 93.3 Å². The summed E-state index contributed by atoms with van der Waals surface area (Å²) in [7, 11) is 3.82. The quantitative estimate of drug-likeness (QED) is 0.337. The number of carbonyl (C=O) groups excluding carboxylic acids is 3. The van der Waals surface area contributed by atoms with Crippen molar-refractivity contribution >= 4 is 52.0 Å². The number of imidazole rings is 1. The SMILES string of the molecule is CN1CCN(C)C(c2ccc(Nc3nc(N4CCC[C@H](NC(=O)c5cc6c(s5)CCCC6=O)C4)nn4ccnc34)cc2)C1=O. The summed E-state index contributed by atoms with van der Waals surface area (Å²) < 4.78 is 1.71. The average Bonchev–Trinajstić information content (AvgIpc) is 3.69. The third-order valence-corrected chi connectivity index (χ3v) is 9.94. The number of hydrogen-bond donors (Lipinski definition) is 2. The molecule has 12 nitrogen and oxygen atoms in total. The van der Waals surface area contributed by atoms with Crippen LogP contribution in [0, 0.1) is 0 Å². The Kier molecular flexibility index (Phi) is 7.50. The molecule has 228 valence electrons. The van der Waals surface area contributed by atoms with Gasteiger partial charge in [0.05, 0.1) is 4.88 Å². The zero-order valence-electron chi connectivity index (χ0n) is 24.8. The van der Waals surface area contributed by atoms with Crippen LogP contribution < -0.4 is 15.5 Å². The fourth-order valence-corrected chi connectivity index (χ4v) is 7.42. The van der Waals surface area contributed by atoms with Crippen molar-refractivity contribution in [1.29, 1.82) is 0 Å². The molecule has 2 amide bonds. The Balaban J connectivity index is 1.07. The fourth-order valence-electron chi connectivity index (χ4n) is 6.30.